The minimum atomic E-state index is -4.79. The molecule has 0 aliphatic heterocycles. The van der Waals surface area contributed by atoms with Gasteiger partial charge >= 0.3 is 6.18 Å². The predicted octanol–water partition coefficient (Wildman–Crippen LogP) is 5.56. The fourth-order valence-corrected chi connectivity index (χ4v) is 4.76. The number of methoxy groups -OCH3 is 1. The van der Waals surface area contributed by atoms with Crippen LogP contribution in [0.1, 0.15) is 24.4 Å². The number of nitrogens with zero attached hydrogens (tertiary/aromatic N) is 2. The average Bonchev–Trinajstić information content (AvgIpc) is 3.08. The van der Waals surface area contributed by atoms with Gasteiger partial charge in [-0.25, -0.2) is 8.42 Å². The number of aromatic nitrogens is 2. The summed E-state index contributed by atoms with van der Waals surface area (Å²) in [7, 11) is -2.68. The summed E-state index contributed by atoms with van der Waals surface area (Å²) in [5.41, 5.74) is -1.30. The van der Waals surface area contributed by atoms with Gasteiger partial charge in [-0.05, 0) is 50.2 Å². The molecule has 0 saturated carbocycles. The van der Waals surface area contributed by atoms with E-state index in [9.17, 15) is 26.4 Å². The molecule has 1 heterocycles. The molecule has 0 saturated heterocycles. The third-order valence-corrected chi connectivity index (χ3v) is 7.36. The van der Waals surface area contributed by atoms with Crippen LogP contribution < -0.4 is 10.1 Å². The number of halogens is 5. The van der Waals surface area contributed by atoms with E-state index in [1.165, 1.54) is 63.4 Å². The second kappa shape index (κ2) is 9.47. The molecule has 0 radical (unpaired) electrons. The van der Waals surface area contributed by atoms with Gasteiger partial charge in [-0.15, -0.1) is 0 Å². The zero-order valence-electron chi connectivity index (χ0n) is 17.9. The topological polar surface area (TPSA) is 90.3 Å². The summed E-state index contributed by atoms with van der Waals surface area (Å²) in [6.45, 7) is 2.63. The van der Waals surface area contributed by atoms with E-state index in [0.717, 1.165) is 4.68 Å². The van der Waals surface area contributed by atoms with Crippen molar-refractivity contribution < 1.29 is 31.1 Å². The van der Waals surface area contributed by atoms with Crippen molar-refractivity contribution in [2.24, 2.45) is 0 Å². The van der Waals surface area contributed by atoms with Crippen molar-refractivity contribution in [3.8, 4) is 5.75 Å². The molecule has 7 nitrogen and oxygen atoms in total. The number of benzene rings is 2. The van der Waals surface area contributed by atoms with Crippen LogP contribution in [0.25, 0.3) is 0 Å². The lowest BCUT2D eigenvalue weighted by Crippen LogP contribution is -2.25. The smallest absolute Gasteiger partial charge is 0.436 e. The molecule has 0 aliphatic carbocycles. The molecular formula is C21H18Cl2F3N3O4S. The summed E-state index contributed by atoms with van der Waals surface area (Å²) in [6.07, 6.45) is -4.79. The number of amides is 1. The molecule has 1 atom stereocenters. The van der Waals surface area contributed by atoms with E-state index >= 15 is 0 Å². The molecule has 3 rings (SSSR count). The first-order chi connectivity index (χ1) is 15.8. The number of hydrogen-bond acceptors (Lipinski definition) is 5. The number of sulfone groups is 1. The predicted molar refractivity (Wildman–Crippen MR) is 120 cm³/mol. The summed E-state index contributed by atoms with van der Waals surface area (Å²) < 4.78 is 71.4. The number of carbonyl (C=O) groups is 1. The Hall–Kier alpha value is -2.76. The van der Waals surface area contributed by atoms with Crippen molar-refractivity contribution in [1.82, 2.24) is 9.78 Å². The number of rotatable bonds is 6. The van der Waals surface area contributed by atoms with Gasteiger partial charge in [0, 0.05) is 16.8 Å². The number of hydrogen-bond donors (Lipinski definition) is 1. The van der Waals surface area contributed by atoms with Gasteiger partial charge in [-0.3, -0.25) is 9.48 Å². The molecule has 182 valence electrons. The first kappa shape index (κ1) is 25.9. The highest BCUT2D eigenvalue weighted by molar-refractivity contribution is 7.91. The maximum Gasteiger partial charge on any atom is 0.436 e. The Labute approximate surface area is 203 Å². The van der Waals surface area contributed by atoms with Gasteiger partial charge in [0.15, 0.2) is 5.69 Å². The summed E-state index contributed by atoms with van der Waals surface area (Å²) in [5.74, 6) is -0.616. The zero-order valence-corrected chi connectivity index (χ0v) is 20.3. The fourth-order valence-electron chi connectivity index (χ4n) is 3.08. The van der Waals surface area contributed by atoms with Crippen molar-refractivity contribution in [2.75, 3.05) is 12.4 Å². The van der Waals surface area contributed by atoms with Crippen molar-refractivity contribution in [3.05, 3.63) is 63.9 Å². The molecule has 1 unspecified atom stereocenters. The first-order valence-electron chi connectivity index (χ1n) is 9.58. The number of alkyl halides is 3. The normalized spacial score (nSPS) is 12.9. The van der Waals surface area contributed by atoms with Crippen LogP contribution in [0, 0.1) is 6.92 Å². The van der Waals surface area contributed by atoms with E-state index in [-0.39, 0.29) is 26.9 Å². The van der Waals surface area contributed by atoms with Crippen LogP contribution >= 0.6 is 23.2 Å². The van der Waals surface area contributed by atoms with Crippen LogP contribution in [0.4, 0.5) is 18.9 Å². The Balaban J connectivity index is 1.94. The number of nitrogens with one attached hydrogen (secondary N) is 1. The lowest BCUT2D eigenvalue weighted by molar-refractivity contribution is -0.141. The van der Waals surface area contributed by atoms with Crippen LogP contribution in [-0.4, -0.2) is 31.2 Å². The summed E-state index contributed by atoms with van der Waals surface area (Å²) in [6, 6.07) is 8.17. The average molecular weight is 536 g/mol. The van der Waals surface area contributed by atoms with Gasteiger partial charge in [0.1, 0.15) is 11.8 Å². The van der Waals surface area contributed by atoms with Gasteiger partial charge in [-0.1, -0.05) is 23.2 Å². The molecule has 1 aromatic heterocycles. The fraction of sp³-hybridized carbons (Fsp3) is 0.238. The van der Waals surface area contributed by atoms with E-state index in [2.05, 4.69) is 10.4 Å². The molecular weight excluding hydrogens is 518 g/mol. The molecule has 1 N–H and O–H groups in total. The monoisotopic (exact) mass is 535 g/mol. The molecule has 0 spiro atoms. The van der Waals surface area contributed by atoms with Crippen molar-refractivity contribution >= 4 is 44.6 Å². The molecule has 0 aliphatic rings. The lowest BCUT2D eigenvalue weighted by atomic mass is 10.2. The maximum absolute atomic E-state index is 13.1. The van der Waals surface area contributed by atoms with Gasteiger partial charge in [0.05, 0.1) is 27.6 Å². The highest BCUT2D eigenvalue weighted by atomic mass is 35.5. The summed E-state index contributed by atoms with van der Waals surface area (Å²) >= 11 is 11.6. The van der Waals surface area contributed by atoms with E-state index < -0.39 is 38.7 Å². The largest absolute Gasteiger partial charge is 0.497 e. The molecule has 1 amide bonds. The standard InChI is InChI=1S/C21H18Cl2F3N3O4S/c1-11-18(23)19(21(24,25)26)28-29(11)12(2)20(30)27-14-8-15(33-3)10-17(9-14)34(31,32)16-6-4-13(22)5-7-16/h4-10,12H,1-3H3,(H,27,30). The number of anilines is 1. The SMILES string of the molecule is COc1cc(NC(=O)C(C)n2nc(C(F)(F)F)c(Cl)c2C)cc(S(=O)(=O)c2ccc(Cl)cc2)c1. The van der Waals surface area contributed by atoms with Gasteiger partial charge in [0.25, 0.3) is 0 Å². The second-order valence-corrected chi connectivity index (χ2v) is 9.97. The minimum Gasteiger partial charge on any atom is -0.497 e. The summed E-state index contributed by atoms with van der Waals surface area (Å²) in [4.78, 5) is 12.6. The zero-order chi connectivity index (χ0) is 25.4. The molecule has 13 heteroatoms. The van der Waals surface area contributed by atoms with E-state index in [1.807, 2.05) is 0 Å². The Morgan fingerprint density at radius 2 is 1.74 bits per heavy atom. The van der Waals surface area contributed by atoms with Gasteiger partial charge in [-0.2, -0.15) is 18.3 Å². The molecule has 0 bridgehead atoms. The van der Waals surface area contributed by atoms with Crippen LogP contribution in [0.3, 0.4) is 0 Å². The summed E-state index contributed by atoms with van der Waals surface area (Å²) in [5, 5.41) is 5.69. The van der Waals surface area contributed by atoms with Gasteiger partial charge < -0.3 is 10.1 Å². The molecule has 0 fully saturated rings. The van der Waals surface area contributed by atoms with Crippen LogP contribution in [0.5, 0.6) is 5.75 Å². The van der Waals surface area contributed by atoms with Gasteiger partial charge in [0.2, 0.25) is 15.7 Å². The Bertz CT molecular complexity index is 1340. The van der Waals surface area contributed by atoms with Crippen molar-refractivity contribution in [2.45, 2.75) is 35.9 Å². The first-order valence-corrected chi connectivity index (χ1v) is 11.8. The van der Waals surface area contributed by atoms with E-state index in [0.29, 0.717) is 5.02 Å². The quantitative estimate of drug-likeness (QED) is 0.446. The molecule has 3 aromatic rings. The third-order valence-electron chi connectivity index (χ3n) is 4.91. The van der Waals surface area contributed by atoms with Crippen LogP contribution in [0.15, 0.2) is 52.3 Å². The Morgan fingerprint density at radius 1 is 1.12 bits per heavy atom. The molecule has 2 aromatic carbocycles. The van der Waals surface area contributed by atoms with E-state index in [4.69, 9.17) is 27.9 Å². The lowest BCUT2D eigenvalue weighted by Gasteiger charge is -2.16. The van der Waals surface area contributed by atoms with Crippen molar-refractivity contribution in [1.29, 1.82) is 0 Å². The van der Waals surface area contributed by atoms with Crippen LogP contribution in [0.2, 0.25) is 10.0 Å². The molecule has 34 heavy (non-hydrogen) atoms. The maximum atomic E-state index is 13.1. The minimum absolute atomic E-state index is 0.0303. The highest BCUT2D eigenvalue weighted by Gasteiger charge is 2.39. The third kappa shape index (κ3) is 5.16. The van der Waals surface area contributed by atoms with E-state index in [1.54, 1.807) is 0 Å². The highest BCUT2D eigenvalue weighted by Crippen LogP contribution is 2.36. The Morgan fingerprint density at radius 3 is 2.26 bits per heavy atom. The number of carbonyl (C=O) groups excluding carboxylic acids is 1. The second-order valence-electron chi connectivity index (χ2n) is 7.21. The van der Waals surface area contributed by atoms with Crippen LogP contribution in [-0.2, 0) is 20.8 Å². The number of ether oxygens (including phenoxy) is 1. The van der Waals surface area contributed by atoms with Crippen molar-refractivity contribution in [3.63, 3.8) is 0 Å². The Kier molecular flexibility index (Phi) is 7.20.